The molecule has 0 aliphatic heterocycles. The zero-order chi connectivity index (χ0) is 16.4. The lowest BCUT2D eigenvalue weighted by Gasteiger charge is -2.09. The number of thioether (sulfide) groups is 1. The van der Waals surface area contributed by atoms with Crippen LogP contribution in [-0.4, -0.2) is 19.1 Å². The van der Waals surface area contributed by atoms with Crippen LogP contribution < -0.4 is 5.56 Å². The Labute approximate surface area is 137 Å². The Morgan fingerprint density at radius 3 is 2.74 bits per heavy atom. The fourth-order valence-corrected chi connectivity index (χ4v) is 3.51. The van der Waals surface area contributed by atoms with Crippen molar-refractivity contribution in [3.63, 3.8) is 0 Å². The SMILES string of the molecule is CCn1ccc(=O)nc1SCc1nc2c(F)cccc2n1CC. The van der Waals surface area contributed by atoms with Gasteiger partial charge in [-0.25, -0.2) is 9.37 Å². The normalized spacial score (nSPS) is 11.3. The van der Waals surface area contributed by atoms with Gasteiger partial charge in [-0.3, -0.25) is 4.79 Å². The molecule has 2 heterocycles. The van der Waals surface area contributed by atoms with E-state index in [0.717, 1.165) is 17.9 Å². The summed E-state index contributed by atoms with van der Waals surface area (Å²) in [5.41, 5.74) is 0.920. The van der Waals surface area contributed by atoms with Crippen LogP contribution in [0.5, 0.6) is 0 Å². The highest BCUT2D eigenvalue weighted by Crippen LogP contribution is 2.24. The molecule has 0 saturated heterocycles. The standard InChI is InChI=1S/C16H17FN4OS/c1-3-20-9-8-14(22)19-16(20)23-10-13-18-15-11(17)6-5-7-12(15)21(13)4-2/h5-9H,3-4,10H2,1-2H3. The molecule has 120 valence electrons. The van der Waals surface area contributed by atoms with Crippen LogP contribution in [0.15, 0.2) is 40.4 Å². The van der Waals surface area contributed by atoms with Crippen LogP contribution in [0.4, 0.5) is 4.39 Å². The Morgan fingerprint density at radius 1 is 1.17 bits per heavy atom. The molecule has 0 saturated carbocycles. The van der Waals surface area contributed by atoms with Crippen LogP contribution in [0.3, 0.4) is 0 Å². The Balaban J connectivity index is 1.95. The van der Waals surface area contributed by atoms with Crippen molar-refractivity contribution in [3.05, 3.63) is 52.5 Å². The average Bonchev–Trinajstić information content (AvgIpc) is 2.92. The Hall–Kier alpha value is -2.15. The number of para-hydroxylation sites is 1. The molecule has 5 nitrogen and oxygen atoms in total. The minimum absolute atomic E-state index is 0.257. The number of aryl methyl sites for hydroxylation is 2. The summed E-state index contributed by atoms with van der Waals surface area (Å²) in [6.07, 6.45) is 1.74. The Kier molecular flexibility index (Phi) is 4.47. The summed E-state index contributed by atoms with van der Waals surface area (Å²) in [6.45, 7) is 5.43. The molecule has 0 bridgehead atoms. The lowest BCUT2D eigenvalue weighted by Crippen LogP contribution is -2.12. The first-order chi connectivity index (χ1) is 11.1. The fraction of sp³-hybridized carbons (Fsp3) is 0.312. The predicted molar refractivity (Wildman–Crippen MR) is 89.1 cm³/mol. The van der Waals surface area contributed by atoms with E-state index in [1.165, 1.54) is 23.9 Å². The molecular formula is C16H17FN4OS. The van der Waals surface area contributed by atoms with Crippen molar-refractivity contribution >= 4 is 22.8 Å². The fourth-order valence-electron chi connectivity index (χ4n) is 2.52. The number of fused-ring (bicyclic) bond motifs is 1. The molecule has 0 N–H and O–H groups in total. The quantitative estimate of drug-likeness (QED) is 0.532. The molecule has 0 radical (unpaired) electrons. The number of benzene rings is 1. The summed E-state index contributed by atoms with van der Waals surface area (Å²) in [5.74, 6) is 0.987. The molecule has 0 atom stereocenters. The molecule has 0 spiro atoms. The molecule has 23 heavy (non-hydrogen) atoms. The van der Waals surface area contributed by atoms with Crippen molar-refractivity contribution in [3.8, 4) is 0 Å². The van der Waals surface area contributed by atoms with E-state index < -0.39 is 0 Å². The first-order valence-electron chi connectivity index (χ1n) is 7.48. The van der Waals surface area contributed by atoms with Crippen LogP contribution in [0, 0.1) is 5.82 Å². The summed E-state index contributed by atoms with van der Waals surface area (Å²) >= 11 is 1.44. The van der Waals surface area contributed by atoms with Crippen molar-refractivity contribution in [1.82, 2.24) is 19.1 Å². The van der Waals surface area contributed by atoms with Gasteiger partial charge in [0.15, 0.2) is 11.0 Å². The van der Waals surface area contributed by atoms with Gasteiger partial charge in [0, 0.05) is 25.4 Å². The van der Waals surface area contributed by atoms with Crippen LogP contribution in [0.25, 0.3) is 11.0 Å². The van der Waals surface area contributed by atoms with Gasteiger partial charge < -0.3 is 9.13 Å². The summed E-state index contributed by atoms with van der Waals surface area (Å²) in [5, 5.41) is 0.648. The van der Waals surface area contributed by atoms with E-state index in [2.05, 4.69) is 9.97 Å². The van der Waals surface area contributed by atoms with Crippen molar-refractivity contribution < 1.29 is 4.39 Å². The van der Waals surface area contributed by atoms with E-state index in [-0.39, 0.29) is 11.4 Å². The molecule has 0 amide bonds. The molecule has 0 unspecified atom stereocenters. The molecule has 3 rings (SSSR count). The highest BCUT2D eigenvalue weighted by atomic mass is 32.2. The van der Waals surface area contributed by atoms with E-state index in [4.69, 9.17) is 0 Å². The van der Waals surface area contributed by atoms with Gasteiger partial charge >= 0.3 is 0 Å². The Bertz CT molecular complexity index is 903. The second-order valence-electron chi connectivity index (χ2n) is 5.00. The number of aromatic nitrogens is 4. The number of hydrogen-bond acceptors (Lipinski definition) is 4. The molecule has 3 aromatic rings. The van der Waals surface area contributed by atoms with E-state index in [1.807, 2.05) is 29.0 Å². The molecule has 0 aliphatic rings. The first kappa shape index (κ1) is 15.7. The zero-order valence-electron chi connectivity index (χ0n) is 13.0. The maximum absolute atomic E-state index is 13.9. The maximum Gasteiger partial charge on any atom is 0.273 e. The van der Waals surface area contributed by atoms with Gasteiger partial charge in [0.25, 0.3) is 5.56 Å². The number of imidazole rings is 1. The minimum Gasteiger partial charge on any atom is -0.328 e. The number of hydrogen-bond donors (Lipinski definition) is 0. The second kappa shape index (κ2) is 6.54. The van der Waals surface area contributed by atoms with Crippen molar-refractivity contribution in [2.75, 3.05) is 0 Å². The molecule has 2 aromatic heterocycles. The topological polar surface area (TPSA) is 52.7 Å². The molecule has 0 fully saturated rings. The third kappa shape index (κ3) is 3.01. The summed E-state index contributed by atoms with van der Waals surface area (Å²) < 4.78 is 17.8. The monoisotopic (exact) mass is 332 g/mol. The van der Waals surface area contributed by atoms with Gasteiger partial charge in [0.1, 0.15) is 11.3 Å². The largest absolute Gasteiger partial charge is 0.328 e. The first-order valence-corrected chi connectivity index (χ1v) is 8.46. The van der Waals surface area contributed by atoms with Gasteiger partial charge in [0.05, 0.1) is 11.3 Å². The smallest absolute Gasteiger partial charge is 0.273 e. The highest BCUT2D eigenvalue weighted by Gasteiger charge is 2.14. The molecule has 7 heteroatoms. The number of rotatable bonds is 5. The predicted octanol–water partition coefficient (Wildman–Crippen LogP) is 3.06. The van der Waals surface area contributed by atoms with E-state index >= 15 is 0 Å². The maximum atomic E-state index is 13.9. The average molecular weight is 332 g/mol. The van der Waals surface area contributed by atoms with Gasteiger partial charge in [-0.2, -0.15) is 4.98 Å². The van der Waals surface area contributed by atoms with Crippen LogP contribution in [-0.2, 0) is 18.8 Å². The van der Waals surface area contributed by atoms with Crippen LogP contribution in [0.1, 0.15) is 19.7 Å². The lowest BCUT2D eigenvalue weighted by atomic mass is 10.3. The van der Waals surface area contributed by atoms with E-state index in [0.29, 0.717) is 23.0 Å². The van der Waals surface area contributed by atoms with E-state index in [9.17, 15) is 9.18 Å². The molecule has 1 aromatic carbocycles. The van der Waals surface area contributed by atoms with Crippen LogP contribution >= 0.6 is 11.8 Å². The van der Waals surface area contributed by atoms with Crippen molar-refractivity contribution in [1.29, 1.82) is 0 Å². The number of nitrogens with zero attached hydrogens (tertiary/aromatic N) is 4. The summed E-state index contributed by atoms with van der Waals surface area (Å²) in [7, 11) is 0. The van der Waals surface area contributed by atoms with E-state index in [1.54, 1.807) is 12.3 Å². The second-order valence-corrected chi connectivity index (χ2v) is 5.95. The van der Waals surface area contributed by atoms with Gasteiger partial charge in [-0.05, 0) is 26.0 Å². The molecule has 0 aliphatic carbocycles. The minimum atomic E-state index is -0.316. The van der Waals surface area contributed by atoms with Crippen LogP contribution in [0.2, 0.25) is 0 Å². The Morgan fingerprint density at radius 2 is 2.00 bits per heavy atom. The van der Waals surface area contributed by atoms with Gasteiger partial charge in [-0.15, -0.1) is 0 Å². The zero-order valence-corrected chi connectivity index (χ0v) is 13.8. The summed E-state index contributed by atoms with van der Waals surface area (Å²) in [4.78, 5) is 19.9. The third-order valence-corrected chi connectivity index (χ3v) is 4.63. The van der Waals surface area contributed by atoms with Crippen molar-refractivity contribution in [2.45, 2.75) is 37.8 Å². The molecular weight excluding hydrogens is 315 g/mol. The highest BCUT2D eigenvalue weighted by molar-refractivity contribution is 7.98. The number of halogens is 1. The third-order valence-electron chi connectivity index (χ3n) is 3.64. The van der Waals surface area contributed by atoms with Gasteiger partial charge in [0.2, 0.25) is 0 Å². The summed E-state index contributed by atoms with van der Waals surface area (Å²) in [6, 6.07) is 6.42. The lowest BCUT2D eigenvalue weighted by molar-refractivity contribution is 0.637. The van der Waals surface area contributed by atoms with Gasteiger partial charge in [-0.1, -0.05) is 17.8 Å². The van der Waals surface area contributed by atoms with Crippen molar-refractivity contribution in [2.24, 2.45) is 0 Å².